The summed E-state index contributed by atoms with van der Waals surface area (Å²) in [5.74, 6) is -2.10. The molecule has 0 saturated heterocycles. The summed E-state index contributed by atoms with van der Waals surface area (Å²) in [5.41, 5.74) is 2.57. The molecule has 0 aliphatic rings. The van der Waals surface area contributed by atoms with E-state index in [1.807, 2.05) is 12.1 Å². The molecular formula is C23H25NO6. The first-order chi connectivity index (χ1) is 14.5. The Balaban J connectivity index is 0.000000469. The van der Waals surface area contributed by atoms with Gasteiger partial charge in [-0.05, 0) is 47.0 Å². The van der Waals surface area contributed by atoms with Crippen molar-refractivity contribution < 1.29 is 29.3 Å². The number of methoxy groups -OCH3 is 2. The molecule has 0 fully saturated rings. The van der Waals surface area contributed by atoms with Crippen molar-refractivity contribution in [3.63, 3.8) is 0 Å². The highest BCUT2D eigenvalue weighted by Crippen LogP contribution is 2.27. The van der Waals surface area contributed by atoms with Gasteiger partial charge in [-0.1, -0.05) is 48.5 Å². The van der Waals surface area contributed by atoms with Gasteiger partial charge in [-0.25, -0.2) is 9.59 Å². The zero-order valence-electron chi connectivity index (χ0n) is 16.9. The Labute approximate surface area is 174 Å². The number of fused-ring (bicyclic) bond motifs is 1. The van der Waals surface area contributed by atoms with Gasteiger partial charge >= 0.3 is 11.9 Å². The second-order valence-corrected chi connectivity index (χ2v) is 6.36. The first-order valence-electron chi connectivity index (χ1n) is 9.30. The molecule has 0 heterocycles. The van der Waals surface area contributed by atoms with Crippen LogP contribution in [-0.2, 0) is 22.6 Å². The number of carbonyl (C=O) groups is 2. The summed E-state index contributed by atoms with van der Waals surface area (Å²) in [4.78, 5) is 18.2. The molecule has 0 aliphatic carbocycles. The molecule has 3 rings (SSSR count). The fourth-order valence-electron chi connectivity index (χ4n) is 2.94. The zero-order chi connectivity index (χ0) is 21.9. The van der Waals surface area contributed by atoms with Crippen LogP contribution in [-0.4, -0.2) is 42.9 Å². The van der Waals surface area contributed by atoms with Crippen molar-refractivity contribution in [3.05, 3.63) is 71.8 Å². The molecule has 3 N–H and O–H groups in total. The summed E-state index contributed by atoms with van der Waals surface area (Å²) in [6.45, 7) is 1.79. The Bertz CT molecular complexity index is 985. The van der Waals surface area contributed by atoms with Crippen molar-refractivity contribution >= 4 is 22.7 Å². The third-order valence-electron chi connectivity index (χ3n) is 4.42. The first kappa shape index (κ1) is 22.7. The van der Waals surface area contributed by atoms with Crippen LogP contribution in [0.25, 0.3) is 10.8 Å². The maximum absolute atomic E-state index is 9.10. The number of hydrogen-bond acceptors (Lipinski definition) is 5. The van der Waals surface area contributed by atoms with Crippen molar-refractivity contribution in [3.8, 4) is 11.5 Å². The van der Waals surface area contributed by atoms with Crippen LogP contribution < -0.4 is 14.8 Å². The molecule has 0 aliphatic heterocycles. The lowest BCUT2D eigenvalue weighted by molar-refractivity contribution is -0.159. The number of ether oxygens (including phenoxy) is 2. The number of carboxylic acid groups (broad SMARTS) is 2. The molecule has 0 bridgehead atoms. The van der Waals surface area contributed by atoms with Crippen LogP contribution in [0.5, 0.6) is 11.5 Å². The van der Waals surface area contributed by atoms with Crippen molar-refractivity contribution in [2.75, 3.05) is 20.8 Å². The van der Waals surface area contributed by atoms with Gasteiger partial charge in [0.1, 0.15) is 0 Å². The summed E-state index contributed by atoms with van der Waals surface area (Å²) in [7, 11) is 3.32. The zero-order valence-corrected chi connectivity index (χ0v) is 16.9. The lowest BCUT2D eigenvalue weighted by atomic mass is 10.0. The third kappa shape index (κ3) is 6.49. The van der Waals surface area contributed by atoms with Gasteiger partial charge in [-0.3, -0.25) is 0 Å². The van der Waals surface area contributed by atoms with Crippen molar-refractivity contribution in [1.29, 1.82) is 0 Å². The maximum atomic E-state index is 9.10. The molecule has 3 aromatic carbocycles. The fourth-order valence-corrected chi connectivity index (χ4v) is 2.94. The number of nitrogens with one attached hydrogen (secondary N) is 1. The highest BCUT2D eigenvalue weighted by molar-refractivity contribution is 6.27. The Morgan fingerprint density at radius 1 is 0.867 bits per heavy atom. The largest absolute Gasteiger partial charge is 0.493 e. The predicted molar refractivity (Wildman–Crippen MR) is 114 cm³/mol. The molecule has 0 radical (unpaired) electrons. The van der Waals surface area contributed by atoms with Crippen LogP contribution in [0.1, 0.15) is 11.1 Å². The number of aliphatic carboxylic acids is 2. The van der Waals surface area contributed by atoms with Gasteiger partial charge in [0.25, 0.3) is 0 Å². The van der Waals surface area contributed by atoms with E-state index in [1.165, 1.54) is 21.9 Å². The Kier molecular flexibility index (Phi) is 8.65. The molecule has 7 heteroatoms. The van der Waals surface area contributed by atoms with Gasteiger partial charge in [-0.2, -0.15) is 0 Å². The highest BCUT2D eigenvalue weighted by atomic mass is 16.5. The average molecular weight is 411 g/mol. The van der Waals surface area contributed by atoms with Crippen LogP contribution in [0, 0.1) is 0 Å². The second-order valence-electron chi connectivity index (χ2n) is 6.36. The van der Waals surface area contributed by atoms with Crippen LogP contribution in [0.15, 0.2) is 60.7 Å². The average Bonchev–Trinajstić information content (AvgIpc) is 2.77. The smallest absolute Gasteiger partial charge is 0.414 e. The maximum Gasteiger partial charge on any atom is 0.414 e. The molecule has 3 aromatic rings. The van der Waals surface area contributed by atoms with Crippen LogP contribution in [0.4, 0.5) is 0 Å². The van der Waals surface area contributed by atoms with Crippen LogP contribution in [0.2, 0.25) is 0 Å². The molecule has 0 aromatic heterocycles. The number of benzene rings is 3. The van der Waals surface area contributed by atoms with Gasteiger partial charge in [0.05, 0.1) is 14.2 Å². The molecule has 0 atom stereocenters. The summed E-state index contributed by atoms with van der Waals surface area (Å²) in [6, 6.07) is 21.1. The van der Waals surface area contributed by atoms with Crippen molar-refractivity contribution in [2.24, 2.45) is 0 Å². The molecular weight excluding hydrogens is 386 g/mol. The Morgan fingerprint density at radius 3 is 2.20 bits per heavy atom. The van der Waals surface area contributed by atoms with Gasteiger partial charge in [-0.15, -0.1) is 0 Å². The Morgan fingerprint density at radius 2 is 1.53 bits per heavy atom. The van der Waals surface area contributed by atoms with E-state index in [4.69, 9.17) is 29.3 Å². The van der Waals surface area contributed by atoms with Crippen molar-refractivity contribution in [2.45, 2.75) is 13.0 Å². The molecule has 0 saturated carbocycles. The monoisotopic (exact) mass is 411 g/mol. The minimum absolute atomic E-state index is 0.768. The van der Waals surface area contributed by atoms with E-state index in [1.54, 1.807) is 14.2 Å². The standard InChI is InChI=1S/C21H23NO2.C2H2O4/c1-23-20-11-10-16(14-21(20)24-2)12-13-22-15-18-8-5-7-17-6-3-4-9-19(17)18;3-1(4)2(5)6/h3-11,14,22H,12-13,15H2,1-2H3;(H,3,4)(H,5,6). The summed E-state index contributed by atoms with van der Waals surface area (Å²) in [5, 5.41) is 20.9. The highest BCUT2D eigenvalue weighted by Gasteiger charge is 2.05. The second kappa shape index (κ2) is 11.4. The summed E-state index contributed by atoms with van der Waals surface area (Å²) < 4.78 is 10.6. The molecule has 30 heavy (non-hydrogen) atoms. The lowest BCUT2D eigenvalue weighted by Crippen LogP contribution is -2.16. The number of carboxylic acids is 2. The van der Waals surface area contributed by atoms with Gasteiger partial charge in [0.15, 0.2) is 11.5 Å². The fraction of sp³-hybridized carbons (Fsp3) is 0.217. The molecule has 158 valence electrons. The third-order valence-corrected chi connectivity index (χ3v) is 4.42. The van der Waals surface area contributed by atoms with E-state index in [9.17, 15) is 0 Å². The summed E-state index contributed by atoms with van der Waals surface area (Å²) in [6.07, 6.45) is 0.950. The minimum Gasteiger partial charge on any atom is -0.493 e. The van der Waals surface area contributed by atoms with E-state index in [0.717, 1.165) is 31.0 Å². The predicted octanol–water partition coefficient (Wildman–Crippen LogP) is 3.34. The quantitative estimate of drug-likeness (QED) is 0.404. The SMILES string of the molecule is COc1ccc(CCNCc2cccc3ccccc23)cc1OC.O=C(O)C(=O)O. The molecule has 7 nitrogen and oxygen atoms in total. The number of hydrogen-bond donors (Lipinski definition) is 3. The van der Waals surface area contributed by atoms with E-state index < -0.39 is 11.9 Å². The topological polar surface area (TPSA) is 105 Å². The van der Waals surface area contributed by atoms with Gasteiger partial charge in [0.2, 0.25) is 0 Å². The first-order valence-corrected chi connectivity index (χ1v) is 9.30. The van der Waals surface area contributed by atoms with Gasteiger partial charge in [0, 0.05) is 6.54 Å². The molecule has 0 spiro atoms. The normalized spacial score (nSPS) is 10.1. The van der Waals surface area contributed by atoms with Crippen LogP contribution >= 0.6 is 0 Å². The van der Waals surface area contributed by atoms with E-state index in [-0.39, 0.29) is 0 Å². The van der Waals surface area contributed by atoms with Crippen LogP contribution in [0.3, 0.4) is 0 Å². The van der Waals surface area contributed by atoms with Crippen molar-refractivity contribution in [1.82, 2.24) is 5.32 Å². The minimum atomic E-state index is -1.82. The van der Waals surface area contributed by atoms with Gasteiger partial charge < -0.3 is 25.0 Å². The van der Waals surface area contributed by atoms with E-state index in [2.05, 4.69) is 53.8 Å². The van der Waals surface area contributed by atoms with E-state index in [0.29, 0.717) is 0 Å². The molecule has 0 unspecified atom stereocenters. The summed E-state index contributed by atoms with van der Waals surface area (Å²) >= 11 is 0. The Hall–Kier alpha value is -3.58. The lowest BCUT2D eigenvalue weighted by Gasteiger charge is -2.11. The van der Waals surface area contributed by atoms with E-state index >= 15 is 0 Å². The number of rotatable bonds is 7. The molecule has 0 amide bonds.